The average molecular weight is 336 g/mol. The molecule has 3 nitrogen and oxygen atoms in total. The standard InChI is InChI=1S/C18H25FN2OS/c1-4-11-21(18(23-3)20-13(2)22)17(12-14-5-6-14)15-7-9-16(19)10-8-15/h7-10,14,17H,4-6,11-12H2,1-3H3. The molecule has 1 saturated carbocycles. The van der Waals surface area contributed by atoms with E-state index in [0.717, 1.165) is 36.0 Å². The molecule has 1 aromatic rings. The molecule has 1 unspecified atom stereocenters. The van der Waals surface area contributed by atoms with Crippen LogP contribution in [0.5, 0.6) is 0 Å². The van der Waals surface area contributed by atoms with Crippen LogP contribution in [0.25, 0.3) is 0 Å². The van der Waals surface area contributed by atoms with Crippen LogP contribution < -0.4 is 0 Å². The predicted octanol–water partition coefficient (Wildman–Crippen LogP) is 4.64. The third-order valence-corrected chi connectivity index (χ3v) is 4.72. The molecule has 1 aromatic carbocycles. The smallest absolute Gasteiger partial charge is 0.244 e. The maximum absolute atomic E-state index is 13.3. The lowest BCUT2D eigenvalue weighted by Gasteiger charge is -2.34. The van der Waals surface area contributed by atoms with E-state index in [4.69, 9.17) is 0 Å². The predicted molar refractivity (Wildman–Crippen MR) is 95.1 cm³/mol. The van der Waals surface area contributed by atoms with Crippen molar-refractivity contribution in [2.45, 2.75) is 45.6 Å². The van der Waals surface area contributed by atoms with Crippen LogP contribution in [-0.4, -0.2) is 28.8 Å². The van der Waals surface area contributed by atoms with Crippen LogP contribution >= 0.6 is 11.8 Å². The van der Waals surface area contributed by atoms with Gasteiger partial charge in [0, 0.05) is 13.5 Å². The van der Waals surface area contributed by atoms with Crippen molar-refractivity contribution in [3.05, 3.63) is 35.6 Å². The zero-order valence-electron chi connectivity index (χ0n) is 14.1. The number of carbonyl (C=O) groups is 1. The number of amides is 1. The molecule has 1 atom stereocenters. The van der Waals surface area contributed by atoms with Gasteiger partial charge in [0.05, 0.1) is 6.04 Å². The van der Waals surface area contributed by atoms with Gasteiger partial charge in [-0.2, -0.15) is 4.99 Å². The van der Waals surface area contributed by atoms with Gasteiger partial charge in [0.25, 0.3) is 0 Å². The molecule has 2 rings (SSSR count). The molecule has 0 bridgehead atoms. The summed E-state index contributed by atoms with van der Waals surface area (Å²) in [6.07, 6.45) is 6.47. The number of hydrogen-bond donors (Lipinski definition) is 0. The first-order valence-corrected chi connectivity index (χ1v) is 9.43. The van der Waals surface area contributed by atoms with Gasteiger partial charge in [-0.1, -0.05) is 43.7 Å². The second kappa shape index (κ2) is 8.48. The zero-order chi connectivity index (χ0) is 16.8. The van der Waals surface area contributed by atoms with Gasteiger partial charge in [-0.05, 0) is 42.7 Å². The Bertz CT molecular complexity index is 555. The third-order valence-electron chi connectivity index (χ3n) is 4.03. The van der Waals surface area contributed by atoms with Crippen molar-refractivity contribution in [2.24, 2.45) is 10.9 Å². The van der Waals surface area contributed by atoms with E-state index < -0.39 is 0 Å². The number of nitrogens with zero attached hydrogens (tertiary/aromatic N) is 2. The van der Waals surface area contributed by atoms with Crippen molar-refractivity contribution >= 4 is 22.8 Å². The first-order chi connectivity index (χ1) is 11.0. The Morgan fingerprint density at radius 1 is 1.39 bits per heavy atom. The van der Waals surface area contributed by atoms with E-state index in [-0.39, 0.29) is 17.8 Å². The summed E-state index contributed by atoms with van der Waals surface area (Å²) in [5, 5.41) is 0.759. The van der Waals surface area contributed by atoms with Gasteiger partial charge in [0.15, 0.2) is 5.17 Å². The largest absolute Gasteiger partial charge is 0.344 e. The van der Waals surface area contributed by atoms with Gasteiger partial charge in [-0.3, -0.25) is 4.79 Å². The maximum atomic E-state index is 13.3. The topological polar surface area (TPSA) is 32.7 Å². The molecule has 5 heteroatoms. The lowest BCUT2D eigenvalue weighted by atomic mass is 9.99. The molecule has 0 spiro atoms. The van der Waals surface area contributed by atoms with Crippen LogP contribution in [0, 0.1) is 11.7 Å². The van der Waals surface area contributed by atoms with Crippen LogP contribution in [0.1, 0.15) is 51.1 Å². The first-order valence-electron chi connectivity index (χ1n) is 8.20. The molecule has 0 aromatic heterocycles. The highest BCUT2D eigenvalue weighted by Gasteiger charge is 2.31. The Morgan fingerprint density at radius 2 is 2.04 bits per heavy atom. The van der Waals surface area contributed by atoms with E-state index in [1.165, 1.54) is 43.7 Å². The quantitative estimate of drug-likeness (QED) is 0.560. The molecule has 0 N–H and O–H groups in total. The molecule has 126 valence electrons. The van der Waals surface area contributed by atoms with E-state index in [9.17, 15) is 9.18 Å². The van der Waals surface area contributed by atoms with Crippen molar-refractivity contribution in [1.82, 2.24) is 4.90 Å². The van der Waals surface area contributed by atoms with Crippen LogP contribution in [0.4, 0.5) is 4.39 Å². The molecular formula is C18H25FN2OS. The molecule has 0 saturated heterocycles. The van der Waals surface area contributed by atoms with Crippen LogP contribution in [-0.2, 0) is 4.79 Å². The number of hydrogen-bond acceptors (Lipinski definition) is 2. The minimum atomic E-state index is -0.219. The van der Waals surface area contributed by atoms with E-state index in [1.807, 2.05) is 18.4 Å². The summed E-state index contributed by atoms with van der Waals surface area (Å²) in [6.45, 7) is 4.44. The summed E-state index contributed by atoms with van der Waals surface area (Å²) in [5.41, 5.74) is 1.09. The summed E-state index contributed by atoms with van der Waals surface area (Å²) >= 11 is 1.50. The monoisotopic (exact) mass is 336 g/mol. The molecular weight excluding hydrogens is 311 g/mol. The number of rotatable bonds is 6. The molecule has 1 aliphatic carbocycles. The van der Waals surface area contributed by atoms with E-state index in [1.54, 1.807) is 0 Å². The van der Waals surface area contributed by atoms with Crippen LogP contribution in [0.2, 0.25) is 0 Å². The summed E-state index contributed by atoms with van der Waals surface area (Å²) in [6, 6.07) is 6.89. The first kappa shape index (κ1) is 18.0. The fourth-order valence-electron chi connectivity index (χ4n) is 2.78. The zero-order valence-corrected chi connectivity index (χ0v) is 14.9. The minimum Gasteiger partial charge on any atom is -0.344 e. The molecule has 1 amide bonds. The maximum Gasteiger partial charge on any atom is 0.244 e. The Labute approximate surface area is 142 Å². The molecule has 0 heterocycles. The second-order valence-electron chi connectivity index (χ2n) is 6.06. The second-order valence-corrected chi connectivity index (χ2v) is 6.83. The summed E-state index contributed by atoms with van der Waals surface area (Å²) < 4.78 is 13.3. The Balaban J connectivity index is 2.34. The molecule has 0 aliphatic heterocycles. The Kier molecular flexibility index (Phi) is 6.63. The van der Waals surface area contributed by atoms with Crippen molar-refractivity contribution in [3.8, 4) is 0 Å². The number of carbonyl (C=O) groups excluding carboxylic acids is 1. The number of halogens is 1. The lowest BCUT2D eigenvalue weighted by molar-refractivity contribution is -0.115. The SMILES string of the molecule is CCCN(C(=NC(C)=O)SC)C(CC1CC1)c1ccc(F)cc1. The van der Waals surface area contributed by atoms with E-state index in [2.05, 4.69) is 16.8 Å². The van der Waals surface area contributed by atoms with Crippen molar-refractivity contribution < 1.29 is 9.18 Å². The number of amidine groups is 1. The molecule has 23 heavy (non-hydrogen) atoms. The third kappa shape index (κ3) is 5.34. The van der Waals surface area contributed by atoms with Gasteiger partial charge in [-0.25, -0.2) is 4.39 Å². The molecule has 1 aliphatic rings. The van der Waals surface area contributed by atoms with Crippen molar-refractivity contribution in [1.29, 1.82) is 0 Å². The number of benzene rings is 1. The van der Waals surface area contributed by atoms with Crippen LogP contribution in [0.3, 0.4) is 0 Å². The number of aliphatic imine (C=N–C) groups is 1. The van der Waals surface area contributed by atoms with Gasteiger partial charge in [-0.15, -0.1) is 0 Å². The van der Waals surface area contributed by atoms with Gasteiger partial charge in [0.1, 0.15) is 5.82 Å². The highest BCUT2D eigenvalue weighted by atomic mass is 32.2. The summed E-state index contributed by atoms with van der Waals surface area (Å²) in [7, 11) is 0. The minimum absolute atomic E-state index is 0.147. The summed E-state index contributed by atoms with van der Waals surface area (Å²) in [5.74, 6) is 0.327. The highest BCUT2D eigenvalue weighted by molar-refractivity contribution is 8.13. The van der Waals surface area contributed by atoms with E-state index >= 15 is 0 Å². The normalized spacial score (nSPS) is 16.3. The molecule has 0 radical (unpaired) electrons. The van der Waals surface area contributed by atoms with Gasteiger partial charge < -0.3 is 4.90 Å². The fourth-order valence-corrected chi connectivity index (χ4v) is 3.46. The molecule has 1 fully saturated rings. The highest BCUT2D eigenvalue weighted by Crippen LogP contribution is 2.40. The Morgan fingerprint density at radius 3 is 2.52 bits per heavy atom. The lowest BCUT2D eigenvalue weighted by Crippen LogP contribution is -2.34. The van der Waals surface area contributed by atoms with Crippen molar-refractivity contribution in [2.75, 3.05) is 12.8 Å². The average Bonchev–Trinajstić information content (AvgIpc) is 3.33. The van der Waals surface area contributed by atoms with Gasteiger partial charge >= 0.3 is 0 Å². The Hall–Kier alpha value is -1.36. The fraction of sp³-hybridized carbons (Fsp3) is 0.556. The van der Waals surface area contributed by atoms with E-state index in [0.29, 0.717) is 0 Å². The summed E-state index contributed by atoms with van der Waals surface area (Å²) in [4.78, 5) is 17.9. The van der Waals surface area contributed by atoms with Crippen molar-refractivity contribution in [3.63, 3.8) is 0 Å². The van der Waals surface area contributed by atoms with Gasteiger partial charge in [0.2, 0.25) is 5.91 Å². The number of thioether (sulfide) groups is 1. The van der Waals surface area contributed by atoms with Crippen LogP contribution in [0.15, 0.2) is 29.3 Å².